The summed E-state index contributed by atoms with van der Waals surface area (Å²) in [7, 11) is 0. The van der Waals surface area contributed by atoms with Crippen LogP contribution in [-0.4, -0.2) is 29.6 Å². The quantitative estimate of drug-likeness (QED) is 0.570. The average molecular weight is 297 g/mol. The second-order valence-electron chi connectivity index (χ2n) is 4.03. The van der Waals surface area contributed by atoms with Crippen molar-refractivity contribution in [3.63, 3.8) is 0 Å². The van der Waals surface area contributed by atoms with Crippen LogP contribution in [-0.2, 0) is 4.79 Å². The number of halogens is 1. The molecule has 0 fully saturated rings. The zero-order valence-electron chi connectivity index (χ0n) is 10.9. The number of nitriles is 1. The third-order valence-electron chi connectivity index (χ3n) is 2.51. The fourth-order valence-electron chi connectivity index (χ4n) is 1.59. The lowest BCUT2D eigenvalue weighted by atomic mass is 10.3. The molecule has 0 heterocycles. The standard InChI is InChI=1S/C14H17ClN2OS/c1-2-9-17(10-8-16)14(18)7-11-19-13-5-3-12(15)4-6-13/h3-6H,2,7,9-11H2,1H3. The van der Waals surface area contributed by atoms with E-state index in [1.165, 1.54) is 0 Å². The van der Waals surface area contributed by atoms with Gasteiger partial charge in [0.2, 0.25) is 5.91 Å². The molecule has 0 unspecified atom stereocenters. The van der Waals surface area contributed by atoms with Gasteiger partial charge < -0.3 is 4.90 Å². The van der Waals surface area contributed by atoms with Crippen molar-refractivity contribution in [2.45, 2.75) is 24.7 Å². The third kappa shape index (κ3) is 6.00. The Balaban J connectivity index is 2.37. The molecule has 3 nitrogen and oxygen atoms in total. The van der Waals surface area contributed by atoms with E-state index in [0.29, 0.717) is 23.7 Å². The Morgan fingerprint density at radius 1 is 1.42 bits per heavy atom. The first-order valence-corrected chi connectivity index (χ1v) is 7.56. The first kappa shape index (κ1) is 15.9. The van der Waals surface area contributed by atoms with Gasteiger partial charge in [-0.05, 0) is 30.7 Å². The summed E-state index contributed by atoms with van der Waals surface area (Å²) in [6.07, 6.45) is 1.33. The average Bonchev–Trinajstić information content (AvgIpc) is 2.40. The largest absolute Gasteiger partial charge is 0.329 e. The maximum atomic E-state index is 11.9. The number of benzene rings is 1. The Bertz CT molecular complexity index is 442. The van der Waals surface area contributed by atoms with Gasteiger partial charge in [-0.15, -0.1) is 11.8 Å². The van der Waals surface area contributed by atoms with Crippen molar-refractivity contribution in [1.29, 1.82) is 5.26 Å². The summed E-state index contributed by atoms with van der Waals surface area (Å²) >= 11 is 7.43. The van der Waals surface area contributed by atoms with Gasteiger partial charge in [0.25, 0.3) is 0 Å². The van der Waals surface area contributed by atoms with Gasteiger partial charge >= 0.3 is 0 Å². The van der Waals surface area contributed by atoms with Gasteiger partial charge in [-0.25, -0.2) is 0 Å². The lowest BCUT2D eigenvalue weighted by Gasteiger charge is -2.18. The summed E-state index contributed by atoms with van der Waals surface area (Å²) < 4.78 is 0. The van der Waals surface area contributed by atoms with E-state index in [9.17, 15) is 4.79 Å². The molecule has 1 rings (SSSR count). The number of thioether (sulfide) groups is 1. The molecule has 0 saturated carbocycles. The minimum atomic E-state index is 0.0462. The highest BCUT2D eigenvalue weighted by Crippen LogP contribution is 2.21. The molecule has 1 aromatic rings. The van der Waals surface area contributed by atoms with E-state index in [1.807, 2.05) is 37.3 Å². The number of rotatable bonds is 7. The Morgan fingerprint density at radius 2 is 2.11 bits per heavy atom. The maximum absolute atomic E-state index is 11.9. The normalized spacial score (nSPS) is 9.95. The number of hydrogen-bond acceptors (Lipinski definition) is 3. The van der Waals surface area contributed by atoms with E-state index >= 15 is 0 Å². The van der Waals surface area contributed by atoms with Crippen molar-refractivity contribution < 1.29 is 4.79 Å². The van der Waals surface area contributed by atoms with Crippen LogP contribution in [0.4, 0.5) is 0 Å². The lowest BCUT2D eigenvalue weighted by molar-refractivity contribution is -0.130. The molecule has 19 heavy (non-hydrogen) atoms. The van der Waals surface area contributed by atoms with E-state index in [-0.39, 0.29) is 12.5 Å². The monoisotopic (exact) mass is 296 g/mol. The predicted octanol–water partition coefficient (Wildman–Crippen LogP) is 3.58. The van der Waals surface area contributed by atoms with Crippen molar-refractivity contribution in [1.82, 2.24) is 4.90 Å². The van der Waals surface area contributed by atoms with Crippen LogP contribution in [0.25, 0.3) is 0 Å². The van der Waals surface area contributed by atoms with Crippen molar-refractivity contribution >= 4 is 29.3 Å². The molecule has 0 aromatic heterocycles. The summed E-state index contributed by atoms with van der Waals surface area (Å²) in [5, 5.41) is 9.39. The first-order chi connectivity index (χ1) is 9.17. The Kier molecular flexibility index (Phi) is 7.39. The van der Waals surface area contributed by atoms with Crippen molar-refractivity contribution in [3.05, 3.63) is 29.3 Å². The van der Waals surface area contributed by atoms with Crippen LogP contribution in [0.5, 0.6) is 0 Å². The maximum Gasteiger partial charge on any atom is 0.224 e. The minimum Gasteiger partial charge on any atom is -0.329 e. The fourth-order valence-corrected chi connectivity index (χ4v) is 2.56. The van der Waals surface area contributed by atoms with Crippen LogP contribution in [0.15, 0.2) is 29.2 Å². The Labute approximate surface area is 123 Å². The number of carbonyl (C=O) groups excluding carboxylic acids is 1. The second kappa shape index (κ2) is 8.84. The van der Waals surface area contributed by atoms with E-state index in [1.54, 1.807) is 16.7 Å². The molecule has 0 atom stereocenters. The molecule has 0 spiro atoms. The van der Waals surface area contributed by atoms with Crippen molar-refractivity contribution in [2.24, 2.45) is 0 Å². The molecule has 0 radical (unpaired) electrons. The fraction of sp³-hybridized carbons (Fsp3) is 0.429. The number of amides is 1. The number of hydrogen-bond donors (Lipinski definition) is 0. The van der Waals surface area contributed by atoms with E-state index in [2.05, 4.69) is 0 Å². The summed E-state index contributed by atoms with van der Waals surface area (Å²) in [6.45, 7) is 2.83. The first-order valence-electron chi connectivity index (χ1n) is 6.20. The highest BCUT2D eigenvalue weighted by molar-refractivity contribution is 7.99. The predicted molar refractivity (Wildman–Crippen MR) is 79.3 cm³/mol. The topological polar surface area (TPSA) is 44.1 Å². The zero-order valence-corrected chi connectivity index (χ0v) is 12.5. The smallest absolute Gasteiger partial charge is 0.224 e. The van der Waals surface area contributed by atoms with Crippen molar-refractivity contribution in [3.8, 4) is 6.07 Å². The third-order valence-corrected chi connectivity index (χ3v) is 3.77. The van der Waals surface area contributed by atoms with Crippen LogP contribution in [0.1, 0.15) is 19.8 Å². The molecule has 0 aliphatic carbocycles. The molecule has 0 N–H and O–H groups in total. The summed E-state index contributed by atoms with van der Waals surface area (Å²) in [5.74, 6) is 0.761. The van der Waals surface area contributed by atoms with Gasteiger partial charge in [0.05, 0.1) is 6.07 Å². The minimum absolute atomic E-state index is 0.0462. The van der Waals surface area contributed by atoms with E-state index < -0.39 is 0 Å². The molecular weight excluding hydrogens is 280 g/mol. The van der Waals surface area contributed by atoms with Gasteiger partial charge in [0.15, 0.2) is 0 Å². The second-order valence-corrected chi connectivity index (χ2v) is 5.63. The Hall–Kier alpha value is -1.18. The van der Waals surface area contributed by atoms with Gasteiger partial charge in [-0.1, -0.05) is 18.5 Å². The zero-order chi connectivity index (χ0) is 14.1. The molecule has 5 heteroatoms. The number of nitrogens with zero attached hydrogens (tertiary/aromatic N) is 2. The molecule has 1 amide bonds. The molecule has 0 bridgehead atoms. The summed E-state index contributed by atoms with van der Waals surface area (Å²) in [5.41, 5.74) is 0. The lowest BCUT2D eigenvalue weighted by Crippen LogP contribution is -2.32. The van der Waals surface area contributed by atoms with Crippen LogP contribution in [0.3, 0.4) is 0 Å². The molecule has 1 aromatic carbocycles. The van der Waals surface area contributed by atoms with E-state index in [0.717, 1.165) is 11.3 Å². The van der Waals surface area contributed by atoms with Crippen LogP contribution in [0, 0.1) is 11.3 Å². The molecule has 0 saturated heterocycles. The summed E-state index contributed by atoms with van der Waals surface area (Å²) in [6, 6.07) is 9.59. The SMILES string of the molecule is CCCN(CC#N)C(=O)CCSc1ccc(Cl)cc1. The highest BCUT2D eigenvalue weighted by Gasteiger charge is 2.11. The van der Waals surface area contributed by atoms with Gasteiger partial charge in [-0.3, -0.25) is 4.79 Å². The van der Waals surface area contributed by atoms with Gasteiger partial charge in [0, 0.05) is 28.6 Å². The molecule has 0 aliphatic rings. The van der Waals surface area contributed by atoms with Crippen LogP contribution < -0.4 is 0 Å². The van der Waals surface area contributed by atoms with Crippen LogP contribution in [0.2, 0.25) is 5.02 Å². The Morgan fingerprint density at radius 3 is 2.68 bits per heavy atom. The molecule has 0 aliphatic heterocycles. The number of carbonyl (C=O) groups is 1. The van der Waals surface area contributed by atoms with Crippen molar-refractivity contribution in [2.75, 3.05) is 18.8 Å². The highest BCUT2D eigenvalue weighted by atomic mass is 35.5. The summed E-state index contributed by atoms with van der Waals surface area (Å²) in [4.78, 5) is 14.6. The molecule has 102 valence electrons. The van der Waals surface area contributed by atoms with Crippen LogP contribution >= 0.6 is 23.4 Å². The van der Waals surface area contributed by atoms with Gasteiger partial charge in [0.1, 0.15) is 6.54 Å². The van der Waals surface area contributed by atoms with E-state index in [4.69, 9.17) is 16.9 Å². The van der Waals surface area contributed by atoms with Gasteiger partial charge in [-0.2, -0.15) is 5.26 Å². The molecular formula is C14H17ClN2OS.